The molecule has 2 aromatic carbocycles. The first kappa shape index (κ1) is 17.3. The molecule has 3 rings (SSSR count). The molecule has 0 aliphatic heterocycles. The number of carbonyl (C=O) groups excluding carboxylic acids is 1. The van der Waals surface area contributed by atoms with Crippen LogP contribution in [0.25, 0.3) is 0 Å². The fourth-order valence-corrected chi connectivity index (χ4v) is 2.40. The van der Waals surface area contributed by atoms with E-state index in [2.05, 4.69) is 0 Å². The first-order chi connectivity index (χ1) is 12.6. The van der Waals surface area contributed by atoms with Gasteiger partial charge < -0.3 is 14.3 Å². The summed E-state index contributed by atoms with van der Waals surface area (Å²) in [6.07, 6.45) is -0.548. The lowest BCUT2D eigenvalue weighted by atomic mass is 10.2. The highest BCUT2D eigenvalue weighted by molar-refractivity contribution is 5.87. The molecule has 0 aliphatic rings. The molecule has 1 heterocycles. The third-order valence-corrected chi connectivity index (χ3v) is 3.68. The van der Waals surface area contributed by atoms with Crippen molar-refractivity contribution in [2.45, 2.75) is 13.2 Å². The van der Waals surface area contributed by atoms with Crippen molar-refractivity contribution < 1.29 is 23.8 Å². The predicted molar refractivity (Wildman–Crippen MR) is 94.9 cm³/mol. The molecule has 0 bridgehead atoms. The third kappa shape index (κ3) is 4.30. The molecule has 0 aliphatic carbocycles. The summed E-state index contributed by atoms with van der Waals surface area (Å²) in [5, 5.41) is 8.97. The van der Waals surface area contributed by atoms with E-state index < -0.39 is 12.1 Å². The Kier molecular flexibility index (Phi) is 5.34. The van der Waals surface area contributed by atoms with Crippen molar-refractivity contribution in [2.24, 2.45) is 0 Å². The molecule has 3 aromatic rings. The second-order valence-electron chi connectivity index (χ2n) is 5.53. The standard InChI is InChI=1S/C20H17NO5/c22-19(23)18-12-11-17(26-18)13-21(16-9-5-2-6-10-16)20(24)25-14-15-7-3-1-4-8-15/h1-12H,13-14H2,(H,22,23). The Morgan fingerprint density at radius 3 is 2.19 bits per heavy atom. The molecular formula is C20H17NO5. The topological polar surface area (TPSA) is 80.0 Å². The Bertz CT molecular complexity index is 873. The van der Waals surface area contributed by atoms with Gasteiger partial charge in [-0.3, -0.25) is 4.90 Å². The molecule has 132 valence electrons. The molecule has 26 heavy (non-hydrogen) atoms. The van der Waals surface area contributed by atoms with Gasteiger partial charge in [-0.2, -0.15) is 0 Å². The highest BCUT2D eigenvalue weighted by atomic mass is 16.6. The molecule has 0 atom stereocenters. The molecular weight excluding hydrogens is 334 g/mol. The summed E-state index contributed by atoms with van der Waals surface area (Å²) < 4.78 is 10.7. The van der Waals surface area contributed by atoms with Gasteiger partial charge in [-0.25, -0.2) is 9.59 Å². The molecule has 1 N–H and O–H groups in total. The van der Waals surface area contributed by atoms with Crippen molar-refractivity contribution in [3.05, 3.63) is 89.9 Å². The zero-order valence-electron chi connectivity index (χ0n) is 13.9. The van der Waals surface area contributed by atoms with Crippen molar-refractivity contribution in [1.82, 2.24) is 0 Å². The Labute approximate surface area is 150 Å². The maximum atomic E-state index is 12.6. The first-order valence-corrected chi connectivity index (χ1v) is 7.99. The van der Waals surface area contributed by atoms with Crippen molar-refractivity contribution in [3.63, 3.8) is 0 Å². The van der Waals surface area contributed by atoms with E-state index in [1.54, 1.807) is 24.3 Å². The van der Waals surface area contributed by atoms with E-state index in [1.807, 2.05) is 36.4 Å². The number of anilines is 1. The number of furan rings is 1. The average Bonchev–Trinajstić information content (AvgIpc) is 3.15. The van der Waals surface area contributed by atoms with Gasteiger partial charge in [-0.05, 0) is 29.8 Å². The smallest absolute Gasteiger partial charge is 0.415 e. The van der Waals surface area contributed by atoms with Gasteiger partial charge in [0.05, 0.1) is 6.54 Å². The number of benzene rings is 2. The number of ether oxygens (including phenoxy) is 1. The van der Waals surface area contributed by atoms with Gasteiger partial charge in [0.15, 0.2) is 0 Å². The van der Waals surface area contributed by atoms with Crippen molar-refractivity contribution >= 4 is 17.7 Å². The lowest BCUT2D eigenvalue weighted by Crippen LogP contribution is -2.30. The Morgan fingerprint density at radius 1 is 0.923 bits per heavy atom. The monoisotopic (exact) mass is 351 g/mol. The van der Waals surface area contributed by atoms with Crippen LogP contribution in [-0.4, -0.2) is 17.2 Å². The van der Waals surface area contributed by atoms with Crippen molar-refractivity contribution in [2.75, 3.05) is 4.90 Å². The number of hydrogen-bond acceptors (Lipinski definition) is 4. The number of carboxylic acids is 1. The lowest BCUT2D eigenvalue weighted by Gasteiger charge is -2.21. The van der Waals surface area contributed by atoms with E-state index in [1.165, 1.54) is 17.0 Å². The van der Waals surface area contributed by atoms with Crippen molar-refractivity contribution in [1.29, 1.82) is 0 Å². The molecule has 0 spiro atoms. The van der Waals surface area contributed by atoms with Crippen LogP contribution in [0.2, 0.25) is 0 Å². The van der Waals surface area contributed by atoms with E-state index in [4.69, 9.17) is 14.3 Å². The zero-order valence-corrected chi connectivity index (χ0v) is 13.9. The van der Waals surface area contributed by atoms with Crippen LogP contribution in [0.1, 0.15) is 21.9 Å². The SMILES string of the molecule is O=C(O)c1ccc(CN(C(=O)OCc2ccccc2)c2ccccc2)o1. The normalized spacial score (nSPS) is 10.3. The van der Waals surface area contributed by atoms with E-state index >= 15 is 0 Å². The second kappa shape index (κ2) is 8.02. The Hall–Kier alpha value is -3.54. The average molecular weight is 351 g/mol. The maximum absolute atomic E-state index is 12.6. The van der Waals surface area contributed by atoms with Gasteiger partial charge in [0.2, 0.25) is 5.76 Å². The number of amides is 1. The zero-order chi connectivity index (χ0) is 18.4. The van der Waals surface area contributed by atoms with Crippen LogP contribution in [0.15, 0.2) is 77.2 Å². The number of carbonyl (C=O) groups is 2. The number of nitrogens with zero attached hydrogens (tertiary/aromatic N) is 1. The predicted octanol–water partition coefficient (Wildman–Crippen LogP) is 4.32. The molecule has 0 unspecified atom stereocenters. The summed E-state index contributed by atoms with van der Waals surface area (Å²) in [4.78, 5) is 25.0. The second-order valence-corrected chi connectivity index (χ2v) is 5.53. The summed E-state index contributed by atoms with van der Waals surface area (Å²) in [5.41, 5.74) is 1.50. The minimum atomic E-state index is -1.16. The molecule has 0 saturated carbocycles. The lowest BCUT2D eigenvalue weighted by molar-refractivity contribution is 0.0660. The minimum absolute atomic E-state index is 0.0604. The Morgan fingerprint density at radius 2 is 1.58 bits per heavy atom. The van der Waals surface area contributed by atoms with Crippen LogP contribution in [0.5, 0.6) is 0 Å². The number of rotatable bonds is 6. The highest BCUT2D eigenvalue weighted by Gasteiger charge is 2.20. The van der Waals surface area contributed by atoms with E-state index in [-0.39, 0.29) is 18.9 Å². The van der Waals surface area contributed by atoms with Crippen LogP contribution in [0.4, 0.5) is 10.5 Å². The quantitative estimate of drug-likeness (QED) is 0.715. The van der Waals surface area contributed by atoms with Crippen LogP contribution >= 0.6 is 0 Å². The van der Waals surface area contributed by atoms with E-state index in [0.717, 1.165) is 5.56 Å². The fourth-order valence-electron chi connectivity index (χ4n) is 2.40. The number of hydrogen-bond donors (Lipinski definition) is 1. The van der Waals surface area contributed by atoms with Crippen molar-refractivity contribution in [3.8, 4) is 0 Å². The van der Waals surface area contributed by atoms with Gasteiger partial charge in [-0.1, -0.05) is 48.5 Å². The van der Waals surface area contributed by atoms with Gasteiger partial charge in [0.25, 0.3) is 0 Å². The number of para-hydroxylation sites is 1. The number of aromatic carboxylic acids is 1. The largest absolute Gasteiger partial charge is 0.475 e. The van der Waals surface area contributed by atoms with Crippen LogP contribution < -0.4 is 4.90 Å². The molecule has 6 heteroatoms. The summed E-state index contributed by atoms with van der Waals surface area (Å²) in [6, 6.07) is 21.2. The summed E-state index contributed by atoms with van der Waals surface area (Å²) in [6.45, 7) is 0.201. The van der Waals surface area contributed by atoms with Crippen LogP contribution in [-0.2, 0) is 17.9 Å². The third-order valence-electron chi connectivity index (χ3n) is 3.68. The number of carboxylic acid groups (broad SMARTS) is 1. The molecule has 1 amide bonds. The maximum Gasteiger partial charge on any atom is 0.415 e. The molecule has 1 aromatic heterocycles. The van der Waals surface area contributed by atoms with E-state index in [9.17, 15) is 9.59 Å². The van der Waals surface area contributed by atoms with E-state index in [0.29, 0.717) is 11.4 Å². The highest BCUT2D eigenvalue weighted by Crippen LogP contribution is 2.20. The fraction of sp³-hybridized carbons (Fsp3) is 0.100. The first-order valence-electron chi connectivity index (χ1n) is 7.99. The van der Waals surface area contributed by atoms with Crippen LogP contribution in [0.3, 0.4) is 0 Å². The van der Waals surface area contributed by atoms with Gasteiger partial charge >= 0.3 is 12.1 Å². The van der Waals surface area contributed by atoms with Gasteiger partial charge in [0, 0.05) is 5.69 Å². The summed E-state index contributed by atoms with van der Waals surface area (Å²) in [7, 11) is 0. The molecule has 0 fully saturated rings. The van der Waals surface area contributed by atoms with Crippen LogP contribution in [0, 0.1) is 0 Å². The minimum Gasteiger partial charge on any atom is -0.475 e. The summed E-state index contributed by atoms with van der Waals surface area (Å²) >= 11 is 0. The molecule has 0 radical (unpaired) electrons. The van der Waals surface area contributed by atoms with Gasteiger partial charge in [-0.15, -0.1) is 0 Å². The summed E-state index contributed by atoms with van der Waals surface area (Å²) in [5.74, 6) is -0.984. The van der Waals surface area contributed by atoms with Gasteiger partial charge in [0.1, 0.15) is 12.4 Å². The molecule has 6 nitrogen and oxygen atoms in total. The molecule has 0 saturated heterocycles. The Balaban J connectivity index is 1.76.